The highest BCUT2D eigenvalue weighted by molar-refractivity contribution is 5.94. The number of ether oxygens (including phenoxy) is 1. The van der Waals surface area contributed by atoms with Crippen molar-refractivity contribution in [1.82, 2.24) is 40.3 Å². The summed E-state index contributed by atoms with van der Waals surface area (Å²) in [7, 11) is 0. The molecule has 0 bridgehead atoms. The fourth-order valence-corrected chi connectivity index (χ4v) is 2.98. The Morgan fingerprint density at radius 1 is 1.18 bits per heavy atom. The van der Waals surface area contributed by atoms with Crippen LogP contribution in [0.25, 0.3) is 11.5 Å². The molecule has 0 unspecified atom stereocenters. The minimum Gasteiger partial charge on any atom is -0.462 e. The molecular weight excluding hydrogens is 424 g/mol. The molecule has 2 N–H and O–H groups in total. The summed E-state index contributed by atoms with van der Waals surface area (Å²) in [5, 5.41) is 21.5. The summed E-state index contributed by atoms with van der Waals surface area (Å²) in [6.45, 7) is 3.89. The van der Waals surface area contributed by atoms with Crippen LogP contribution in [-0.2, 0) is 4.74 Å². The molecule has 3 aromatic heterocycles. The molecule has 1 aromatic carbocycles. The molecule has 4 aromatic rings. The number of amides is 1. The topological polar surface area (TPSA) is 133 Å². The summed E-state index contributed by atoms with van der Waals surface area (Å²) in [5.41, 5.74) is 2.55. The van der Waals surface area contributed by atoms with Crippen LogP contribution in [0.15, 0.2) is 48.9 Å². The van der Waals surface area contributed by atoms with Crippen LogP contribution >= 0.6 is 0 Å². The quantitative estimate of drug-likeness (QED) is 0.340. The standard InChI is InChI=1S/C22H20N8O3/c1-3-33-22(32)18-12-24-26-20(18)30-14-16(25-28-30)8-7-11-23-21(31)19-15(2)13-29(27-19)17-9-5-4-6-10-17/h4-6,9-10,12-14H,3,11H2,1-2H3,(H,23,31)(H,24,26). The van der Waals surface area contributed by atoms with Crippen molar-refractivity contribution in [3.63, 3.8) is 0 Å². The molecule has 0 saturated carbocycles. The van der Waals surface area contributed by atoms with Crippen molar-refractivity contribution in [2.24, 2.45) is 0 Å². The van der Waals surface area contributed by atoms with E-state index in [2.05, 4.69) is 42.8 Å². The van der Waals surface area contributed by atoms with E-state index in [4.69, 9.17) is 4.74 Å². The molecule has 0 atom stereocenters. The normalized spacial score (nSPS) is 10.4. The van der Waals surface area contributed by atoms with Crippen LogP contribution in [0.4, 0.5) is 0 Å². The summed E-state index contributed by atoms with van der Waals surface area (Å²) < 4.78 is 8.00. The maximum Gasteiger partial charge on any atom is 0.343 e. The number of esters is 1. The van der Waals surface area contributed by atoms with Gasteiger partial charge < -0.3 is 10.1 Å². The molecular formula is C22H20N8O3. The van der Waals surface area contributed by atoms with E-state index >= 15 is 0 Å². The molecule has 166 valence electrons. The number of nitrogens with zero attached hydrogens (tertiary/aromatic N) is 6. The molecule has 11 nitrogen and oxygen atoms in total. The highest BCUT2D eigenvalue weighted by atomic mass is 16.5. The van der Waals surface area contributed by atoms with Crippen molar-refractivity contribution in [2.45, 2.75) is 13.8 Å². The number of aromatic amines is 1. The highest BCUT2D eigenvalue weighted by Crippen LogP contribution is 2.12. The lowest BCUT2D eigenvalue weighted by Crippen LogP contribution is -2.24. The van der Waals surface area contributed by atoms with Gasteiger partial charge in [-0.05, 0) is 31.9 Å². The van der Waals surface area contributed by atoms with Crippen molar-refractivity contribution in [2.75, 3.05) is 13.2 Å². The number of aromatic nitrogens is 7. The third kappa shape index (κ3) is 4.80. The van der Waals surface area contributed by atoms with E-state index in [9.17, 15) is 9.59 Å². The molecule has 0 spiro atoms. The fraction of sp³-hybridized carbons (Fsp3) is 0.182. The van der Waals surface area contributed by atoms with Crippen molar-refractivity contribution in [3.8, 4) is 23.3 Å². The smallest absolute Gasteiger partial charge is 0.343 e. The third-order valence-electron chi connectivity index (χ3n) is 4.52. The minimum absolute atomic E-state index is 0.0987. The predicted molar refractivity (Wildman–Crippen MR) is 117 cm³/mol. The molecule has 0 aliphatic rings. The van der Waals surface area contributed by atoms with E-state index in [0.29, 0.717) is 17.2 Å². The summed E-state index contributed by atoms with van der Waals surface area (Å²) in [6, 6.07) is 9.54. The number of hydrogen-bond donors (Lipinski definition) is 2. The number of nitrogens with one attached hydrogen (secondary N) is 2. The number of benzene rings is 1. The average molecular weight is 444 g/mol. The van der Waals surface area contributed by atoms with Crippen molar-refractivity contribution < 1.29 is 14.3 Å². The first-order chi connectivity index (χ1) is 16.1. The second kappa shape index (κ2) is 9.61. The molecule has 0 aliphatic heterocycles. The molecule has 1 amide bonds. The highest BCUT2D eigenvalue weighted by Gasteiger charge is 2.17. The zero-order valence-corrected chi connectivity index (χ0v) is 17.9. The molecule has 0 saturated heterocycles. The van der Waals surface area contributed by atoms with E-state index in [-0.39, 0.29) is 24.6 Å². The van der Waals surface area contributed by atoms with Gasteiger partial charge in [0.2, 0.25) is 0 Å². The Morgan fingerprint density at radius 3 is 2.79 bits per heavy atom. The van der Waals surface area contributed by atoms with Crippen molar-refractivity contribution >= 4 is 11.9 Å². The first-order valence-electron chi connectivity index (χ1n) is 10.1. The van der Waals surface area contributed by atoms with Crippen molar-refractivity contribution in [1.29, 1.82) is 0 Å². The summed E-state index contributed by atoms with van der Waals surface area (Å²) in [6.07, 6.45) is 4.70. The Hall–Kier alpha value is -4.72. The van der Waals surface area contributed by atoms with E-state index in [0.717, 1.165) is 11.3 Å². The Balaban J connectivity index is 1.38. The van der Waals surface area contributed by atoms with Crippen LogP contribution in [0.5, 0.6) is 0 Å². The second-order valence-electron chi connectivity index (χ2n) is 6.83. The van der Waals surface area contributed by atoms with Crippen LogP contribution in [0.1, 0.15) is 39.0 Å². The Bertz CT molecular complexity index is 1340. The van der Waals surface area contributed by atoms with E-state index in [1.54, 1.807) is 17.8 Å². The first-order valence-corrected chi connectivity index (χ1v) is 10.1. The molecule has 0 aliphatic carbocycles. The van der Waals surface area contributed by atoms with Crippen molar-refractivity contribution in [3.05, 3.63) is 71.4 Å². The molecule has 0 radical (unpaired) electrons. The summed E-state index contributed by atoms with van der Waals surface area (Å²) in [4.78, 5) is 24.5. The number of hydrogen-bond acceptors (Lipinski definition) is 7. The number of aryl methyl sites for hydroxylation is 1. The number of H-pyrrole nitrogens is 1. The SMILES string of the molecule is CCOC(=O)c1cn[nH]c1-n1cc(C#CCNC(=O)c2nn(-c3ccccc3)cc2C)nn1. The van der Waals surface area contributed by atoms with Crippen LogP contribution in [0, 0.1) is 18.8 Å². The molecule has 11 heteroatoms. The van der Waals surface area contributed by atoms with Gasteiger partial charge in [0.25, 0.3) is 5.91 Å². The van der Waals surface area contributed by atoms with Gasteiger partial charge in [0.1, 0.15) is 5.56 Å². The maximum atomic E-state index is 12.5. The van der Waals surface area contributed by atoms with Gasteiger partial charge in [0.05, 0.1) is 31.2 Å². The first kappa shape index (κ1) is 21.5. The Labute approximate surface area is 188 Å². The van der Waals surface area contributed by atoms with Gasteiger partial charge in [-0.25, -0.2) is 14.2 Å². The summed E-state index contributed by atoms with van der Waals surface area (Å²) >= 11 is 0. The lowest BCUT2D eigenvalue weighted by Gasteiger charge is -2.01. The Kier molecular flexibility index (Phi) is 6.26. The van der Waals surface area contributed by atoms with Crippen LogP contribution in [-0.4, -0.2) is 60.0 Å². The zero-order chi connectivity index (χ0) is 23.2. The summed E-state index contributed by atoms with van der Waals surface area (Å²) in [5.74, 6) is 5.13. The van der Waals surface area contributed by atoms with Crippen LogP contribution in [0.3, 0.4) is 0 Å². The van der Waals surface area contributed by atoms with Crippen LogP contribution < -0.4 is 5.32 Å². The maximum absolute atomic E-state index is 12.5. The number of para-hydroxylation sites is 1. The molecule has 3 heterocycles. The number of carbonyl (C=O) groups is 2. The van der Waals surface area contributed by atoms with E-state index in [1.807, 2.05) is 37.3 Å². The van der Waals surface area contributed by atoms with Gasteiger partial charge in [-0.15, -0.1) is 5.10 Å². The number of rotatable bonds is 6. The van der Waals surface area contributed by atoms with Gasteiger partial charge in [0.15, 0.2) is 17.2 Å². The van der Waals surface area contributed by atoms with Gasteiger partial charge in [-0.2, -0.15) is 10.2 Å². The van der Waals surface area contributed by atoms with Gasteiger partial charge >= 0.3 is 5.97 Å². The van der Waals surface area contributed by atoms with Gasteiger partial charge in [-0.1, -0.05) is 29.3 Å². The predicted octanol–water partition coefficient (Wildman–Crippen LogP) is 1.44. The lowest BCUT2D eigenvalue weighted by molar-refractivity contribution is 0.0526. The van der Waals surface area contributed by atoms with E-state index < -0.39 is 5.97 Å². The van der Waals surface area contributed by atoms with E-state index in [1.165, 1.54) is 17.1 Å². The van der Waals surface area contributed by atoms with Gasteiger partial charge in [-0.3, -0.25) is 9.89 Å². The average Bonchev–Trinajstić information content (AvgIpc) is 3.56. The van der Waals surface area contributed by atoms with Crippen LogP contribution in [0.2, 0.25) is 0 Å². The minimum atomic E-state index is -0.517. The monoisotopic (exact) mass is 444 g/mol. The second-order valence-corrected chi connectivity index (χ2v) is 6.83. The fourth-order valence-electron chi connectivity index (χ4n) is 2.98. The number of carbonyl (C=O) groups excluding carboxylic acids is 2. The van der Waals surface area contributed by atoms with Gasteiger partial charge in [0, 0.05) is 11.8 Å². The largest absolute Gasteiger partial charge is 0.462 e. The lowest BCUT2D eigenvalue weighted by atomic mass is 10.2. The zero-order valence-electron chi connectivity index (χ0n) is 17.9. The molecule has 33 heavy (non-hydrogen) atoms. The molecule has 0 fully saturated rings. The Morgan fingerprint density at radius 2 is 2.00 bits per heavy atom. The third-order valence-corrected chi connectivity index (χ3v) is 4.52. The molecule has 4 rings (SSSR count).